The van der Waals surface area contributed by atoms with Gasteiger partial charge in [0, 0.05) is 12.1 Å². The lowest BCUT2D eigenvalue weighted by atomic mass is 10.2. The van der Waals surface area contributed by atoms with E-state index in [-0.39, 0.29) is 24.5 Å². The molecule has 3 amide bonds. The molecule has 29 heavy (non-hydrogen) atoms. The Balaban J connectivity index is 1.43. The Labute approximate surface area is 164 Å². The number of hydrogen-bond acceptors (Lipinski definition) is 4. The highest BCUT2D eigenvalue weighted by atomic mass is 19.1. The second-order valence-electron chi connectivity index (χ2n) is 5.87. The number of para-hydroxylation sites is 1. The molecule has 0 fully saturated rings. The summed E-state index contributed by atoms with van der Waals surface area (Å²) in [5.74, 6) is -0.928. The van der Waals surface area contributed by atoms with Gasteiger partial charge < -0.3 is 14.5 Å². The lowest BCUT2D eigenvalue weighted by Gasteiger charge is -2.09. The van der Waals surface area contributed by atoms with Gasteiger partial charge in [-0.15, -0.1) is 0 Å². The lowest BCUT2D eigenvalue weighted by molar-refractivity contribution is 0.0904. The van der Waals surface area contributed by atoms with Crippen LogP contribution >= 0.6 is 0 Å². The molecule has 1 aromatic heterocycles. The van der Waals surface area contributed by atoms with E-state index >= 15 is 0 Å². The zero-order valence-electron chi connectivity index (χ0n) is 15.1. The Kier molecular flexibility index (Phi) is 6.41. The van der Waals surface area contributed by atoms with Gasteiger partial charge in [0.1, 0.15) is 29.8 Å². The minimum Gasteiger partial charge on any atom is -0.486 e. The normalized spacial score (nSPS) is 10.3. The van der Waals surface area contributed by atoms with Gasteiger partial charge in [-0.05, 0) is 42.5 Å². The first kappa shape index (κ1) is 19.9. The first-order valence-corrected chi connectivity index (χ1v) is 8.56. The van der Waals surface area contributed by atoms with Crippen LogP contribution in [0.3, 0.4) is 0 Å². The third-order valence-electron chi connectivity index (χ3n) is 3.75. The molecule has 0 aliphatic heterocycles. The molecule has 0 aliphatic carbocycles. The molecule has 0 unspecified atom stereocenters. The fourth-order valence-corrected chi connectivity index (χ4v) is 2.32. The SMILES string of the molecule is O=C(NCc1cc(F)ccc1F)NNC(=O)c1ccc(COc2ccccc2)o1. The molecule has 0 bridgehead atoms. The van der Waals surface area contributed by atoms with E-state index in [1.165, 1.54) is 6.07 Å². The number of hydrogen-bond donors (Lipinski definition) is 3. The molecule has 0 atom stereocenters. The largest absolute Gasteiger partial charge is 0.486 e. The van der Waals surface area contributed by atoms with Crippen molar-refractivity contribution in [3.05, 3.63) is 89.4 Å². The van der Waals surface area contributed by atoms with Crippen molar-refractivity contribution in [3.63, 3.8) is 0 Å². The highest BCUT2D eigenvalue weighted by molar-refractivity contribution is 5.92. The molecule has 2 aromatic carbocycles. The van der Waals surface area contributed by atoms with Gasteiger partial charge in [-0.1, -0.05) is 18.2 Å². The molecule has 9 heteroatoms. The van der Waals surface area contributed by atoms with Gasteiger partial charge in [0.25, 0.3) is 0 Å². The summed E-state index contributed by atoms with van der Waals surface area (Å²) in [6.07, 6.45) is 0. The topological polar surface area (TPSA) is 92.6 Å². The van der Waals surface area contributed by atoms with Crippen LogP contribution in [0.25, 0.3) is 0 Å². The highest BCUT2D eigenvalue weighted by Crippen LogP contribution is 2.14. The number of carbonyl (C=O) groups excluding carboxylic acids is 2. The number of amides is 3. The Hall–Kier alpha value is -3.88. The number of halogens is 2. The zero-order chi connectivity index (χ0) is 20.6. The maximum atomic E-state index is 13.5. The van der Waals surface area contributed by atoms with Crippen molar-refractivity contribution in [2.75, 3.05) is 0 Å². The van der Waals surface area contributed by atoms with Crippen molar-refractivity contribution in [1.29, 1.82) is 0 Å². The predicted molar refractivity (Wildman–Crippen MR) is 98.7 cm³/mol. The van der Waals surface area contributed by atoms with E-state index in [2.05, 4.69) is 16.2 Å². The van der Waals surface area contributed by atoms with Crippen molar-refractivity contribution in [1.82, 2.24) is 16.2 Å². The van der Waals surface area contributed by atoms with E-state index < -0.39 is 23.6 Å². The molecule has 0 saturated carbocycles. The summed E-state index contributed by atoms with van der Waals surface area (Å²) in [7, 11) is 0. The Morgan fingerprint density at radius 3 is 2.55 bits per heavy atom. The lowest BCUT2D eigenvalue weighted by Crippen LogP contribution is -2.46. The molecule has 150 valence electrons. The minimum atomic E-state index is -0.804. The molecule has 1 heterocycles. The molecule has 3 N–H and O–H groups in total. The van der Waals surface area contributed by atoms with Crippen LogP contribution in [0.5, 0.6) is 5.75 Å². The Morgan fingerprint density at radius 1 is 0.966 bits per heavy atom. The summed E-state index contributed by atoms with van der Waals surface area (Å²) in [5.41, 5.74) is 4.21. The van der Waals surface area contributed by atoms with Gasteiger partial charge >= 0.3 is 11.9 Å². The molecule has 0 saturated heterocycles. The number of nitrogens with one attached hydrogen (secondary N) is 3. The standard InChI is InChI=1S/C20H17F2N3O4/c21-14-6-8-17(22)13(10-14)11-23-20(27)25-24-19(26)18-9-7-16(29-18)12-28-15-4-2-1-3-5-15/h1-10H,11-12H2,(H,24,26)(H2,23,25,27). The van der Waals surface area contributed by atoms with Crippen LogP contribution in [-0.2, 0) is 13.2 Å². The van der Waals surface area contributed by atoms with Crippen LogP contribution in [0.1, 0.15) is 21.9 Å². The summed E-state index contributed by atoms with van der Waals surface area (Å²) >= 11 is 0. The monoisotopic (exact) mass is 401 g/mol. The van der Waals surface area contributed by atoms with Crippen LogP contribution in [0.4, 0.5) is 13.6 Å². The number of ether oxygens (including phenoxy) is 1. The van der Waals surface area contributed by atoms with E-state index in [4.69, 9.17) is 9.15 Å². The van der Waals surface area contributed by atoms with E-state index in [1.54, 1.807) is 18.2 Å². The van der Waals surface area contributed by atoms with Crippen LogP contribution in [0, 0.1) is 11.6 Å². The average Bonchev–Trinajstić information content (AvgIpc) is 3.21. The van der Waals surface area contributed by atoms with Crippen molar-refractivity contribution < 1.29 is 27.5 Å². The van der Waals surface area contributed by atoms with Gasteiger partial charge in [-0.3, -0.25) is 10.2 Å². The van der Waals surface area contributed by atoms with Crippen LogP contribution < -0.4 is 20.9 Å². The maximum absolute atomic E-state index is 13.5. The average molecular weight is 401 g/mol. The molecule has 7 nitrogen and oxygen atoms in total. The van der Waals surface area contributed by atoms with Crippen LogP contribution in [0.2, 0.25) is 0 Å². The highest BCUT2D eigenvalue weighted by Gasteiger charge is 2.13. The molecule has 3 rings (SSSR count). The second kappa shape index (κ2) is 9.36. The molecular weight excluding hydrogens is 384 g/mol. The van der Waals surface area contributed by atoms with Crippen molar-refractivity contribution in [2.24, 2.45) is 0 Å². The third kappa shape index (κ3) is 5.80. The van der Waals surface area contributed by atoms with E-state index in [1.807, 2.05) is 18.2 Å². The summed E-state index contributed by atoms with van der Waals surface area (Å²) in [6, 6.07) is 14.2. The van der Waals surface area contributed by atoms with Crippen molar-refractivity contribution in [3.8, 4) is 5.75 Å². The first-order valence-electron chi connectivity index (χ1n) is 8.56. The minimum absolute atomic E-state index is 0.0273. The number of hydrazine groups is 1. The van der Waals surface area contributed by atoms with Gasteiger partial charge in [-0.25, -0.2) is 19.0 Å². The van der Waals surface area contributed by atoms with Crippen molar-refractivity contribution >= 4 is 11.9 Å². The molecular formula is C20H17F2N3O4. The number of benzene rings is 2. The molecule has 3 aromatic rings. The fourth-order valence-electron chi connectivity index (χ4n) is 2.32. The predicted octanol–water partition coefficient (Wildman–Crippen LogP) is 3.28. The fraction of sp³-hybridized carbons (Fsp3) is 0.100. The third-order valence-corrected chi connectivity index (χ3v) is 3.75. The number of carbonyl (C=O) groups is 2. The summed E-state index contributed by atoms with van der Waals surface area (Å²) in [5, 5.41) is 2.30. The zero-order valence-corrected chi connectivity index (χ0v) is 15.1. The molecule has 0 spiro atoms. The van der Waals surface area contributed by atoms with Gasteiger partial charge in [-0.2, -0.15) is 0 Å². The van der Waals surface area contributed by atoms with E-state index in [0.717, 1.165) is 18.2 Å². The quantitative estimate of drug-likeness (QED) is 0.553. The summed E-state index contributed by atoms with van der Waals surface area (Å²) in [4.78, 5) is 23.7. The molecule has 0 radical (unpaired) electrons. The first-order chi connectivity index (χ1) is 14.0. The van der Waals surface area contributed by atoms with E-state index in [0.29, 0.717) is 11.5 Å². The number of urea groups is 1. The van der Waals surface area contributed by atoms with E-state index in [9.17, 15) is 18.4 Å². The molecule has 0 aliphatic rings. The summed E-state index contributed by atoms with van der Waals surface area (Å²) < 4.78 is 37.5. The Morgan fingerprint density at radius 2 is 1.76 bits per heavy atom. The van der Waals surface area contributed by atoms with Crippen molar-refractivity contribution in [2.45, 2.75) is 13.2 Å². The van der Waals surface area contributed by atoms with Gasteiger partial charge in [0.15, 0.2) is 5.76 Å². The second-order valence-corrected chi connectivity index (χ2v) is 5.87. The number of rotatable bonds is 6. The smallest absolute Gasteiger partial charge is 0.333 e. The van der Waals surface area contributed by atoms with Gasteiger partial charge in [0.2, 0.25) is 0 Å². The van der Waals surface area contributed by atoms with Crippen LogP contribution in [0.15, 0.2) is 65.1 Å². The number of furan rings is 1. The van der Waals surface area contributed by atoms with Crippen LogP contribution in [-0.4, -0.2) is 11.9 Å². The Bertz CT molecular complexity index is 992. The van der Waals surface area contributed by atoms with Gasteiger partial charge in [0.05, 0.1) is 0 Å². The summed E-state index contributed by atoms with van der Waals surface area (Å²) in [6.45, 7) is -0.128. The maximum Gasteiger partial charge on any atom is 0.333 e.